The number of halogens is 1. The Labute approximate surface area is 93.2 Å². The first kappa shape index (κ1) is 11.1. The Morgan fingerprint density at radius 2 is 2.07 bits per heavy atom. The van der Waals surface area contributed by atoms with Crippen LogP contribution in [0.15, 0.2) is 43.0 Å². The van der Waals surface area contributed by atoms with E-state index in [4.69, 9.17) is 4.74 Å². The molecule has 0 spiro atoms. The fourth-order valence-electron chi connectivity index (χ4n) is 1.05. The fraction of sp³-hybridized carbons (Fsp3) is 0.167. The number of methoxy groups -OCH3 is 1. The van der Waals surface area contributed by atoms with Crippen molar-refractivity contribution in [2.45, 2.75) is 6.42 Å². The molecule has 74 valence electrons. The second kappa shape index (κ2) is 5.66. The van der Waals surface area contributed by atoms with Crippen LogP contribution in [0.2, 0.25) is 0 Å². The van der Waals surface area contributed by atoms with Crippen molar-refractivity contribution in [3.8, 4) is 5.75 Å². The largest absolute Gasteiger partial charge is 0.497 e. The predicted octanol–water partition coefficient (Wildman–Crippen LogP) is 4.01. The van der Waals surface area contributed by atoms with Crippen LogP contribution in [0.5, 0.6) is 5.75 Å². The van der Waals surface area contributed by atoms with Gasteiger partial charge in [0.1, 0.15) is 5.75 Å². The van der Waals surface area contributed by atoms with Gasteiger partial charge in [0.05, 0.1) is 7.11 Å². The third kappa shape index (κ3) is 3.04. The zero-order valence-electron chi connectivity index (χ0n) is 8.16. The van der Waals surface area contributed by atoms with Gasteiger partial charge in [-0.15, -0.1) is 6.58 Å². The van der Waals surface area contributed by atoms with E-state index in [1.54, 1.807) is 7.11 Å². The molecule has 0 aliphatic rings. The molecule has 0 amide bonds. The van der Waals surface area contributed by atoms with E-state index in [0.717, 1.165) is 22.2 Å². The summed E-state index contributed by atoms with van der Waals surface area (Å²) in [5.41, 5.74) is 1.15. The van der Waals surface area contributed by atoms with Gasteiger partial charge >= 0.3 is 0 Å². The van der Waals surface area contributed by atoms with Crippen molar-refractivity contribution in [2.75, 3.05) is 7.11 Å². The van der Waals surface area contributed by atoms with Gasteiger partial charge in [-0.3, -0.25) is 0 Å². The van der Waals surface area contributed by atoms with Gasteiger partial charge in [-0.25, -0.2) is 0 Å². The lowest BCUT2D eigenvalue weighted by molar-refractivity contribution is 0.415. The lowest BCUT2D eigenvalue weighted by Gasteiger charge is -2.02. The van der Waals surface area contributed by atoms with E-state index in [2.05, 4.69) is 28.6 Å². The van der Waals surface area contributed by atoms with E-state index in [1.807, 2.05) is 30.3 Å². The molecule has 0 aliphatic heterocycles. The summed E-state index contributed by atoms with van der Waals surface area (Å²) in [5.74, 6) is 0.873. The Hall–Kier alpha value is -1.02. The zero-order chi connectivity index (χ0) is 10.4. The summed E-state index contributed by atoms with van der Waals surface area (Å²) in [7, 11) is 1.66. The molecule has 0 atom stereocenters. The number of allylic oxidation sites excluding steroid dienone is 2. The highest BCUT2D eigenvalue weighted by atomic mass is 79.9. The van der Waals surface area contributed by atoms with Gasteiger partial charge in [-0.05, 0) is 24.1 Å². The maximum Gasteiger partial charge on any atom is 0.118 e. The van der Waals surface area contributed by atoms with Crippen molar-refractivity contribution in [1.29, 1.82) is 0 Å². The Bertz CT molecular complexity index is 325. The van der Waals surface area contributed by atoms with Crippen LogP contribution >= 0.6 is 15.9 Å². The fourth-order valence-corrected chi connectivity index (χ4v) is 1.51. The molecule has 0 saturated carbocycles. The highest BCUT2D eigenvalue weighted by Gasteiger charge is 1.96. The maximum atomic E-state index is 5.08. The summed E-state index contributed by atoms with van der Waals surface area (Å²) in [4.78, 5) is 0. The molecule has 1 aromatic carbocycles. The van der Waals surface area contributed by atoms with Crippen molar-refractivity contribution in [1.82, 2.24) is 0 Å². The molecular weight excluding hydrogens is 240 g/mol. The average Bonchev–Trinajstić information content (AvgIpc) is 2.26. The summed E-state index contributed by atoms with van der Waals surface area (Å²) >= 11 is 3.51. The molecule has 0 unspecified atom stereocenters. The molecule has 0 aromatic heterocycles. The molecule has 0 radical (unpaired) electrons. The lowest BCUT2D eigenvalue weighted by atomic mass is 10.2. The minimum Gasteiger partial charge on any atom is -0.497 e. The van der Waals surface area contributed by atoms with Crippen molar-refractivity contribution in [3.63, 3.8) is 0 Å². The molecule has 1 nitrogen and oxygen atoms in total. The third-order valence-corrected chi connectivity index (χ3v) is 2.61. The van der Waals surface area contributed by atoms with Crippen LogP contribution in [0.4, 0.5) is 0 Å². The van der Waals surface area contributed by atoms with E-state index >= 15 is 0 Å². The van der Waals surface area contributed by atoms with E-state index in [9.17, 15) is 0 Å². The summed E-state index contributed by atoms with van der Waals surface area (Å²) in [6.07, 6.45) is 4.81. The van der Waals surface area contributed by atoms with Gasteiger partial charge in [0, 0.05) is 4.48 Å². The number of benzene rings is 1. The quantitative estimate of drug-likeness (QED) is 0.737. The minimum absolute atomic E-state index is 0.868. The minimum atomic E-state index is 0.868. The monoisotopic (exact) mass is 252 g/mol. The van der Waals surface area contributed by atoms with E-state index in [1.165, 1.54) is 0 Å². The second-order valence-electron chi connectivity index (χ2n) is 2.80. The molecular formula is C12H13BrO. The van der Waals surface area contributed by atoms with E-state index in [0.29, 0.717) is 0 Å². The van der Waals surface area contributed by atoms with Crippen LogP contribution in [0.3, 0.4) is 0 Å². The number of ether oxygens (including phenoxy) is 1. The number of hydrogen-bond donors (Lipinski definition) is 0. The SMILES string of the molecule is C=CC/C=C(\Br)c1ccc(OC)cc1. The summed E-state index contributed by atoms with van der Waals surface area (Å²) in [6.45, 7) is 3.67. The van der Waals surface area contributed by atoms with Crippen molar-refractivity contribution in [3.05, 3.63) is 48.6 Å². The molecule has 2 heteroatoms. The molecule has 14 heavy (non-hydrogen) atoms. The summed E-state index contributed by atoms with van der Waals surface area (Å²) in [6, 6.07) is 7.92. The zero-order valence-corrected chi connectivity index (χ0v) is 9.75. The Balaban J connectivity index is 2.80. The standard InChI is InChI=1S/C12H13BrO/c1-3-4-5-12(13)10-6-8-11(14-2)9-7-10/h3,5-9H,1,4H2,2H3/b12-5-. The average molecular weight is 253 g/mol. The van der Waals surface area contributed by atoms with Crippen LogP contribution in [0.25, 0.3) is 4.48 Å². The Morgan fingerprint density at radius 1 is 1.43 bits per heavy atom. The maximum absolute atomic E-state index is 5.08. The van der Waals surface area contributed by atoms with Crippen molar-refractivity contribution >= 4 is 20.4 Å². The molecule has 0 saturated heterocycles. The highest BCUT2D eigenvalue weighted by molar-refractivity contribution is 9.15. The first-order chi connectivity index (χ1) is 6.77. The van der Waals surface area contributed by atoms with Gasteiger partial charge < -0.3 is 4.74 Å². The normalized spacial score (nSPS) is 11.1. The topological polar surface area (TPSA) is 9.23 Å². The van der Waals surface area contributed by atoms with Gasteiger partial charge in [-0.1, -0.05) is 40.2 Å². The van der Waals surface area contributed by atoms with Gasteiger partial charge in [0.25, 0.3) is 0 Å². The van der Waals surface area contributed by atoms with Crippen LogP contribution in [-0.2, 0) is 0 Å². The molecule has 1 aromatic rings. The van der Waals surface area contributed by atoms with Crippen LogP contribution in [-0.4, -0.2) is 7.11 Å². The van der Waals surface area contributed by atoms with Crippen LogP contribution < -0.4 is 4.74 Å². The Morgan fingerprint density at radius 3 is 2.57 bits per heavy atom. The van der Waals surface area contributed by atoms with Gasteiger partial charge in [0.2, 0.25) is 0 Å². The van der Waals surface area contributed by atoms with Gasteiger partial charge in [0.15, 0.2) is 0 Å². The smallest absolute Gasteiger partial charge is 0.118 e. The summed E-state index contributed by atoms with van der Waals surface area (Å²) in [5, 5.41) is 0. The van der Waals surface area contributed by atoms with Crippen LogP contribution in [0, 0.1) is 0 Å². The number of hydrogen-bond acceptors (Lipinski definition) is 1. The first-order valence-corrected chi connectivity index (χ1v) is 5.18. The van der Waals surface area contributed by atoms with Crippen molar-refractivity contribution in [2.24, 2.45) is 0 Å². The van der Waals surface area contributed by atoms with E-state index in [-0.39, 0.29) is 0 Å². The summed E-state index contributed by atoms with van der Waals surface area (Å²) < 4.78 is 6.16. The third-order valence-electron chi connectivity index (χ3n) is 1.83. The molecule has 0 N–H and O–H groups in total. The van der Waals surface area contributed by atoms with Crippen LogP contribution in [0.1, 0.15) is 12.0 Å². The molecule has 0 fully saturated rings. The highest BCUT2D eigenvalue weighted by Crippen LogP contribution is 2.23. The van der Waals surface area contributed by atoms with Crippen molar-refractivity contribution < 1.29 is 4.74 Å². The lowest BCUT2D eigenvalue weighted by Crippen LogP contribution is -1.82. The Kier molecular flexibility index (Phi) is 4.47. The molecule has 0 bridgehead atoms. The number of rotatable bonds is 4. The molecule has 0 aliphatic carbocycles. The molecule has 0 heterocycles. The molecule has 1 rings (SSSR count). The van der Waals surface area contributed by atoms with Gasteiger partial charge in [-0.2, -0.15) is 0 Å². The van der Waals surface area contributed by atoms with E-state index < -0.39 is 0 Å². The first-order valence-electron chi connectivity index (χ1n) is 4.39. The predicted molar refractivity (Wildman–Crippen MR) is 64.7 cm³/mol. The second-order valence-corrected chi connectivity index (χ2v) is 3.66.